The van der Waals surface area contributed by atoms with E-state index >= 15 is 0 Å². The average Bonchev–Trinajstić information content (AvgIpc) is 3.83. The van der Waals surface area contributed by atoms with Crippen molar-refractivity contribution in [2.75, 3.05) is 12.8 Å². The van der Waals surface area contributed by atoms with Gasteiger partial charge in [-0.25, -0.2) is 4.79 Å². The molecule has 1 saturated heterocycles. The van der Waals surface area contributed by atoms with Crippen molar-refractivity contribution < 1.29 is 14.7 Å². The Morgan fingerprint density at radius 1 is 0.804 bits per heavy atom. The normalized spacial score (nSPS) is 15.8. The number of hydrogen-bond acceptors (Lipinski definition) is 7. The second-order valence-electron chi connectivity index (χ2n) is 14.2. The monoisotopic (exact) mass is 768 g/mol. The van der Waals surface area contributed by atoms with Gasteiger partial charge in [-0.3, -0.25) is 9.69 Å². The van der Waals surface area contributed by atoms with Crippen LogP contribution in [0.25, 0.3) is 11.4 Å². The fourth-order valence-corrected chi connectivity index (χ4v) is 8.37. The van der Waals surface area contributed by atoms with E-state index < -0.39 is 29.0 Å². The first-order valence-corrected chi connectivity index (χ1v) is 20.8. The molecule has 56 heavy (non-hydrogen) atoms. The lowest BCUT2D eigenvalue weighted by atomic mass is 9.77. The molecule has 0 aliphatic carbocycles. The summed E-state index contributed by atoms with van der Waals surface area (Å²) in [5.41, 5.74) is 3.41. The Labute approximate surface area is 334 Å². The Morgan fingerprint density at radius 3 is 2.00 bits per heavy atom. The van der Waals surface area contributed by atoms with E-state index in [0.29, 0.717) is 22.7 Å². The number of allylic oxidation sites excluding steroid dienone is 3. The summed E-state index contributed by atoms with van der Waals surface area (Å²) in [6, 6.07) is 37.1. The highest BCUT2D eigenvalue weighted by atomic mass is 32.2. The molecule has 5 aromatic rings. The molecule has 0 spiro atoms. The first-order chi connectivity index (χ1) is 27.4. The minimum atomic E-state index is -0.926. The number of unbranched alkanes of at least 4 members (excludes halogenated alkanes) is 7. The molecule has 290 valence electrons. The zero-order valence-electron chi connectivity index (χ0n) is 32.3. The van der Waals surface area contributed by atoms with Crippen molar-refractivity contribution in [3.63, 3.8) is 0 Å². The number of tetrazole rings is 1. The number of aromatic nitrogens is 4. The molecule has 1 unspecified atom stereocenters. The number of nitrogens with zero attached hydrogens (tertiary/aromatic N) is 5. The van der Waals surface area contributed by atoms with Crippen LogP contribution in [0.3, 0.4) is 0 Å². The number of likely N-dealkylation sites (N-methyl/N-ethyl adjacent to an activating group) is 1. The number of thioether (sulfide) groups is 1. The van der Waals surface area contributed by atoms with Gasteiger partial charge >= 0.3 is 6.03 Å². The number of benzene rings is 4. The smallest absolute Gasteiger partial charge is 0.324 e. The molecular formula is C46H52N6O3S. The summed E-state index contributed by atoms with van der Waals surface area (Å²) in [6.07, 6.45) is 17.1. The number of urea groups is 1. The summed E-state index contributed by atoms with van der Waals surface area (Å²) < 4.78 is 0. The summed E-state index contributed by atoms with van der Waals surface area (Å²) in [7, 11) is 1.48. The molecule has 10 heteroatoms. The second-order valence-corrected chi connectivity index (χ2v) is 15.4. The Bertz CT molecular complexity index is 1960. The molecular weight excluding hydrogens is 717 g/mol. The third-order valence-corrected chi connectivity index (χ3v) is 11.6. The van der Waals surface area contributed by atoms with Crippen LogP contribution in [-0.4, -0.2) is 66.2 Å². The molecule has 2 heterocycles. The number of aliphatic hydroxyl groups excluding tert-OH is 1. The molecule has 3 amide bonds. The average molecular weight is 769 g/mol. The van der Waals surface area contributed by atoms with E-state index in [1.54, 1.807) is 4.80 Å². The number of carbonyl (C=O) groups excluding carboxylic acids is 2. The van der Waals surface area contributed by atoms with E-state index in [2.05, 4.69) is 65.0 Å². The minimum Gasteiger partial charge on any atom is -0.387 e. The molecule has 6 rings (SSSR count). The molecule has 1 aliphatic rings. The Kier molecular flexibility index (Phi) is 14.4. The van der Waals surface area contributed by atoms with E-state index in [1.807, 2.05) is 97.1 Å². The fraction of sp³-hybridized carbons (Fsp3) is 0.326. The largest absolute Gasteiger partial charge is 0.387 e. The zero-order chi connectivity index (χ0) is 39.2. The lowest BCUT2D eigenvalue weighted by Crippen LogP contribution is -2.39. The van der Waals surface area contributed by atoms with Gasteiger partial charge in [0.25, 0.3) is 5.91 Å². The molecule has 1 aliphatic heterocycles. The van der Waals surface area contributed by atoms with Crippen LogP contribution in [0.1, 0.15) is 86.6 Å². The standard InChI is InChI=1S/C46H52N6O3S/c1-3-4-5-6-7-8-9-10-11-12-22-32-41(56-34-40-44(54)51(2)45(55)47-40)42(53)35-24-23-25-36(33-35)43-48-50-52(49-43)46(37-26-16-13-17-27-37,38-28-18-14-19-29-38)39-30-20-15-21-31-39/h11-33,40-42,53H,3-10,34H2,1-2H3,(H,47,55)/b12-11-,32-22+/t40-,41-,42?/m0/s1. The number of carbonyl (C=O) groups is 2. The minimum absolute atomic E-state index is 0.275. The quantitative estimate of drug-likeness (QED) is 0.0352. The molecule has 0 radical (unpaired) electrons. The molecule has 9 nitrogen and oxygen atoms in total. The van der Waals surface area contributed by atoms with Crippen molar-refractivity contribution >= 4 is 23.7 Å². The summed E-state index contributed by atoms with van der Waals surface area (Å²) in [6.45, 7) is 2.24. The fourth-order valence-electron chi connectivity index (χ4n) is 7.19. The number of aliphatic hydroxyl groups is 1. The van der Waals surface area contributed by atoms with Gasteiger partial charge in [-0.15, -0.1) is 26.8 Å². The van der Waals surface area contributed by atoms with Gasteiger partial charge in [0.05, 0.1) is 11.4 Å². The van der Waals surface area contributed by atoms with E-state index in [4.69, 9.17) is 5.10 Å². The van der Waals surface area contributed by atoms with E-state index in [9.17, 15) is 14.7 Å². The van der Waals surface area contributed by atoms with Crippen LogP contribution in [0.4, 0.5) is 4.79 Å². The highest BCUT2D eigenvalue weighted by Crippen LogP contribution is 2.40. The molecule has 1 fully saturated rings. The zero-order valence-corrected chi connectivity index (χ0v) is 33.1. The molecule has 4 aromatic carbocycles. The van der Waals surface area contributed by atoms with Gasteiger partial charge in [-0.05, 0) is 46.4 Å². The lowest BCUT2D eigenvalue weighted by molar-refractivity contribution is -0.126. The summed E-state index contributed by atoms with van der Waals surface area (Å²) in [5.74, 6) is 0.461. The third kappa shape index (κ3) is 9.54. The molecule has 1 aromatic heterocycles. The van der Waals surface area contributed by atoms with Crippen molar-refractivity contribution in [1.29, 1.82) is 0 Å². The Morgan fingerprint density at radius 2 is 1.41 bits per heavy atom. The van der Waals surface area contributed by atoms with Crippen LogP contribution in [0.15, 0.2) is 140 Å². The lowest BCUT2D eigenvalue weighted by Gasteiger charge is -2.34. The maximum atomic E-state index is 12.7. The first kappa shape index (κ1) is 40.3. The van der Waals surface area contributed by atoms with Crippen molar-refractivity contribution in [1.82, 2.24) is 30.4 Å². The van der Waals surface area contributed by atoms with Gasteiger partial charge in [0.2, 0.25) is 5.82 Å². The highest BCUT2D eigenvalue weighted by Gasteiger charge is 2.41. The van der Waals surface area contributed by atoms with Gasteiger partial charge in [-0.2, -0.15) is 0 Å². The van der Waals surface area contributed by atoms with Gasteiger partial charge < -0.3 is 10.4 Å². The van der Waals surface area contributed by atoms with E-state index in [1.165, 1.54) is 57.3 Å². The number of amides is 3. The summed E-state index contributed by atoms with van der Waals surface area (Å²) >= 11 is 1.43. The van der Waals surface area contributed by atoms with Gasteiger partial charge in [0.15, 0.2) is 5.54 Å². The van der Waals surface area contributed by atoms with Crippen LogP contribution < -0.4 is 5.32 Å². The number of nitrogens with one attached hydrogen (secondary N) is 1. The number of rotatable bonds is 20. The van der Waals surface area contributed by atoms with E-state index in [-0.39, 0.29) is 5.91 Å². The SMILES string of the molecule is CCCCCCCCC/C=C\C=C\[C@H](SC[C@@H]1NC(=O)N(C)C1=O)C(O)c1cccc(-c2nnn(C(c3ccccc3)(c3ccccc3)c3ccccc3)n2)c1. The van der Waals surface area contributed by atoms with Crippen molar-refractivity contribution in [3.05, 3.63) is 162 Å². The Balaban J connectivity index is 1.25. The predicted molar refractivity (Wildman–Crippen MR) is 225 cm³/mol. The number of hydrogen-bond donors (Lipinski definition) is 2. The van der Waals surface area contributed by atoms with Crippen LogP contribution in [0.5, 0.6) is 0 Å². The topological polar surface area (TPSA) is 113 Å². The van der Waals surface area contributed by atoms with Crippen molar-refractivity contribution in [3.8, 4) is 11.4 Å². The van der Waals surface area contributed by atoms with Crippen LogP contribution >= 0.6 is 11.8 Å². The third-order valence-electron chi connectivity index (χ3n) is 10.3. The summed E-state index contributed by atoms with van der Waals surface area (Å²) in [4.78, 5) is 27.6. The highest BCUT2D eigenvalue weighted by molar-refractivity contribution is 8.00. The van der Waals surface area contributed by atoms with E-state index in [0.717, 1.165) is 34.4 Å². The molecule has 2 N–H and O–H groups in total. The predicted octanol–water partition coefficient (Wildman–Crippen LogP) is 9.12. The van der Waals surface area contributed by atoms with Gasteiger partial charge in [-0.1, -0.05) is 179 Å². The Hall–Kier alpha value is -5.32. The maximum Gasteiger partial charge on any atom is 0.324 e. The molecule has 0 bridgehead atoms. The summed E-state index contributed by atoms with van der Waals surface area (Å²) in [5, 5.41) is 28.6. The first-order valence-electron chi connectivity index (χ1n) is 19.7. The van der Waals surface area contributed by atoms with Crippen molar-refractivity contribution in [2.45, 2.75) is 81.2 Å². The van der Waals surface area contributed by atoms with Crippen LogP contribution in [-0.2, 0) is 10.3 Å². The second kappa shape index (κ2) is 20.0. The van der Waals surface area contributed by atoms with Crippen LogP contribution in [0, 0.1) is 0 Å². The van der Waals surface area contributed by atoms with Gasteiger partial charge in [0.1, 0.15) is 6.04 Å². The maximum absolute atomic E-state index is 12.7. The number of imide groups is 1. The van der Waals surface area contributed by atoms with Crippen molar-refractivity contribution in [2.24, 2.45) is 0 Å². The van der Waals surface area contributed by atoms with Crippen LogP contribution in [0.2, 0.25) is 0 Å². The molecule has 0 saturated carbocycles. The molecule has 3 atom stereocenters. The van der Waals surface area contributed by atoms with Gasteiger partial charge in [0, 0.05) is 18.4 Å².